The fourth-order valence-electron chi connectivity index (χ4n) is 3.14. The molecule has 3 N–H and O–H groups in total. The number of fused-ring (bicyclic) bond motifs is 1. The van der Waals surface area contributed by atoms with E-state index in [0.717, 1.165) is 42.7 Å². The second kappa shape index (κ2) is 6.45. The fourth-order valence-corrected chi connectivity index (χ4v) is 3.14. The van der Waals surface area contributed by atoms with E-state index < -0.39 is 0 Å². The number of rotatable bonds is 3. The first-order chi connectivity index (χ1) is 11.8. The number of phenolic OH excluding ortho intramolecular Hbond substituents is 1. The third-order valence-electron chi connectivity index (χ3n) is 4.39. The van der Waals surface area contributed by atoms with Gasteiger partial charge in [-0.1, -0.05) is 24.3 Å². The summed E-state index contributed by atoms with van der Waals surface area (Å²) in [5.41, 5.74) is 1.52. The van der Waals surface area contributed by atoms with Gasteiger partial charge in [0.15, 0.2) is 5.82 Å². The number of phenols is 1. The van der Waals surface area contributed by atoms with Crippen LogP contribution >= 0.6 is 0 Å². The summed E-state index contributed by atoms with van der Waals surface area (Å²) < 4.78 is 0. The lowest BCUT2D eigenvalue weighted by Crippen LogP contribution is -2.38. The first-order valence-corrected chi connectivity index (χ1v) is 8.34. The van der Waals surface area contributed by atoms with Crippen LogP contribution in [0, 0.1) is 0 Å². The molecule has 1 saturated heterocycles. The number of piperidine rings is 1. The lowest BCUT2D eigenvalue weighted by atomic mass is 10.1. The minimum Gasteiger partial charge on any atom is -0.507 e. The van der Waals surface area contributed by atoms with Gasteiger partial charge in [-0.15, -0.1) is 0 Å². The van der Waals surface area contributed by atoms with Crippen LogP contribution in [0.3, 0.4) is 0 Å². The van der Waals surface area contributed by atoms with Gasteiger partial charge >= 0.3 is 0 Å². The van der Waals surface area contributed by atoms with E-state index in [1.54, 1.807) is 12.1 Å². The van der Waals surface area contributed by atoms with Crippen molar-refractivity contribution in [2.75, 3.05) is 18.4 Å². The van der Waals surface area contributed by atoms with Crippen LogP contribution in [0.4, 0.5) is 5.82 Å². The summed E-state index contributed by atoms with van der Waals surface area (Å²) >= 11 is 0. The Bertz CT molecular complexity index is 859. The number of aromatic hydroxyl groups is 1. The van der Waals surface area contributed by atoms with Crippen LogP contribution in [0.5, 0.6) is 5.75 Å². The second-order valence-corrected chi connectivity index (χ2v) is 6.12. The first-order valence-electron chi connectivity index (χ1n) is 8.34. The van der Waals surface area contributed by atoms with Gasteiger partial charge in [-0.3, -0.25) is 0 Å². The standard InChI is InChI=1S/C19H20N4O/c24-17-10-4-2-8-15(17)19-22-16-9-3-1-7-14(16)18(23-19)21-13-6-5-11-20-12-13/h1-4,7-10,13,20,24H,5-6,11-12H2,(H,21,22,23)/t13-/m0/s1. The monoisotopic (exact) mass is 320 g/mol. The average molecular weight is 320 g/mol. The van der Waals surface area contributed by atoms with Crippen LogP contribution in [-0.4, -0.2) is 34.2 Å². The zero-order valence-corrected chi connectivity index (χ0v) is 13.4. The number of para-hydroxylation sites is 2. The predicted octanol–water partition coefficient (Wildman–Crippen LogP) is 3.17. The molecule has 1 aliphatic heterocycles. The Morgan fingerprint density at radius 3 is 2.71 bits per heavy atom. The van der Waals surface area contributed by atoms with Gasteiger partial charge in [0.1, 0.15) is 11.6 Å². The number of hydrogen-bond donors (Lipinski definition) is 3. The zero-order chi connectivity index (χ0) is 16.4. The molecule has 4 rings (SSSR count). The van der Waals surface area contributed by atoms with Gasteiger partial charge in [-0.05, 0) is 43.7 Å². The molecule has 2 heterocycles. The SMILES string of the molecule is Oc1ccccc1-c1nc(N[C@H]2CCCNC2)c2ccccc2n1. The van der Waals surface area contributed by atoms with Crippen molar-refractivity contribution < 1.29 is 5.11 Å². The molecule has 1 aromatic heterocycles. The molecule has 1 aliphatic rings. The molecule has 5 heteroatoms. The van der Waals surface area contributed by atoms with Gasteiger partial charge in [0.25, 0.3) is 0 Å². The molecule has 0 amide bonds. The predicted molar refractivity (Wildman–Crippen MR) is 96.2 cm³/mol. The van der Waals surface area contributed by atoms with Crippen LogP contribution in [-0.2, 0) is 0 Å². The normalized spacial score (nSPS) is 17.8. The van der Waals surface area contributed by atoms with Gasteiger partial charge in [0.05, 0.1) is 11.1 Å². The van der Waals surface area contributed by atoms with Crippen LogP contribution in [0.1, 0.15) is 12.8 Å². The van der Waals surface area contributed by atoms with Crippen molar-refractivity contribution in [2.24, 2.45) is 0 Å². The van der Waals surface area contributed by atoms with Crippen molar-refractivity contribution in [1.29, 1.82) is 0 Å². The molecule has 0 aliphatic carbocycles. The molecule has 2 aromatic carbocycles. The third-order valence-corrected chi connectivity index (χ3v) is 4.39. The maximum atomic E-state index is 10.1. The lowest BCUT2D eigenvalue weighted by Gasteiger charge is -2.25. The van der Waals surface area contributed by atoms with Gasteiger partial charge in [-0.25, -0.2) is 9.97 Å². The maximum Gasteiger partial charge on any atom is 0.165 e. The Morgan fingerprint density at radius 1 is 1.04 bits per heavy atom. The minimum absolute atomic E-state index is 0.193. The Kier molecular flexibility index (Phi) is 4.01. The lowest BCUT2D eigenvalue weighted by molar-refractivity contribution is 0.476. The van der Waals surface area contributed by atoms with Crippen LogP contribution in [0.25, 0.3) is 22.3 Å². The molecule has 5 nitrogen and oxygen atoms in total. The van der Waals surface area contributed by atoms with Gasteiger partial charge in [-0.2, -0.15) is 0 Å². The van der Waals surface area contributed by atoms with Gasteiger partial charge < -0.3 is 15.7 Å². The highest BCUT2D eigenvalue weighted by Gasteiger charge is 2.17. The Balaban J connectivity index is 1.80. The number of anilines is 1. The van der Waals surface area contributed by atoms with Crippen molar-refractivity contribution >= 4 is 16.7 Å². The highest BCUT2D eigenvalue weighted by molar-refractivity contribution is 5.91. The Hall–Kier alpha value is -2.66. The highest BCUT2D eigenvalue weighted by Crippen LogP contribution is 2.30. The van der Waals surface area contributed by atoms with Crippen LogP contribution in [0.15, 0.2) is 48.5 Å². The summed E-state index contributed by atoms with van der Waals surface area (Å²) in [7, 11) is 0. The maximum absolute atomic E-state index is 10.1. The molecule has 1 atom stereocenters. The van der Waals surface area contributed by atoms with Crippen molar-refractivity contribution in [3.8, 4) is 17.1 Å². The zero-order valence-electron chi connectivity index (χ0n) is 13.4. The summed E-state index contributed by atoms with van der Waals surface area (Å²) in [5.74, 6) is 1.56. The van der Waals surface area contributed by atoms with E-state index in [1.165, 1.54) is 0 Å². The van der Waals surface area contributed by atoms with E-state index in [4.69, 9.17) is 4.98 Å². The average Bonchev–Trinajstić information content (AvgIpc) is 2.63. The molecular weight excluding hydrogens is 300 g/mol. The molecule has 0 radical (unpaired) electrons. The molecule has 24 heavy (non-hydrogen) atoms. The van der Waals surface area contributed by atoms with Gasteiger partial charge in [0.2, 0.25) is 0 Å². The number of nitrogens with one attached hydrogen (secondary N) is 2. The van der Waals surface area contributed by atoms with Crippen LogP contribution < -0.4 is 10.6 Å². The van der Waals surface area contributed by atoms with Crippen molar-refractivity contribution in [3.05, 3.63) is 48.5 Å². The third kappa shape index (κ3) is 2.90. The number of aromatic nitrogens is 2. The van der Waals surface area contributed by atoms with Crippen molar-refractivity contribution in [3.63, 3.8) is 0 Å². The smallest absolute Gasteiger partial charge is 0.165 e. The van der Waals surface area contributed by atoms with Crippen molar-refractivity contribution in [1.82, 2.24) is 15.3 Å². The molecule has 1 fully saturated rings. The summed E-state index contributed by atoms with van der Waals surface area (Å²) in [4.78, 5) is 9.35. The number of hydrogen-bond acceptors (Lipinski definition) is 5. The minimum atomic E-state index is 0.193. The highest BCUT2D eigenvalue weighted by atomic mass is 16.3. The molecule has 0 unspecified atom stereocenters. The van der Waals surface area contributed by atoms with E-state index in [2.05, 4.69) is 15.6 Å². The van der Waals surface area contributed by atoms with E-state index in [-0.39, 0.29) is 5.75 Å². The number of benzene rings is 2. The topological polar surface area (TPSA) is 70.1 Å². The summed E-state index contributed by atoms with van der Waals surface area (Å²) in [6.45, 7) is 2.01. The molecular formula is C19H20N4O. The van der Waals surface area contributed by atoms with E-state index in [0.29, 0.717) is 17.4 Å². The van der Waals surface area contributed by atoms with Crippen LogP contribution in [0.2, 0.25) is 0 Å². The molecule has 0 saturated carbocycles. The number of nitrogens with zero attached hydrogens (tertiary/aromatic N) is 2. The first kappa shape index (κ1) is 14.9. The van der Waals surface area contributed by atoms with E-state index in [9.17, 15) is 5.11 Å². The molecule has 0 bridgehead atoms. The molecule has 122 valence electrons. The second-order valence-electron chi connectivity index (χ2n) is 6.12. The molecule has 3 aromatic rings. The Morgan fingerprint density at radius 2 is 1.88 bits per heavy atom. The Labute approximate surface area is 140 Å². The fraction of sp³-hybridized carbons (Fsp3) is 0.263. The van der Waals surface area contributed by atoms with E-state index in [1.807, 2.05) is 36.4 Å². The summed E-state index contributed by atoms with van der Waals surface area (Å²) in [6.07, 6.45) is 2.28. The summed E-state index contributed by atoms with van der Waals surface area (Å²) in [5, 5.41) is 18.1. The molecule has 0 spiro atoms. The van der Waals surface area contributed by atoms with E-state index >= 15 is 0 Å². The quantitative estimate of drug-likeness (QED) is 0.691. The largest absolute Gasteiger partial charge is 0.507 e. The summed E-state index contributed by atoms with van der Waals surface area (Å²) in [6, 6.07) is 15.5. The van der Waals surface area contributed by atoms with Crippen molar-refractivity contribution in [2.45, 2.75) is 18.9 Å². The van der Waals surface area contributed by atoms with Gasteiger partial charge in [0, 0.05) is 18.0 Å².